The molecule has 2 N–H and O–H groups in total. The number of carbonyl (C=O) groups excluding carboxylic acids is 1. The summed E-state index contributed by atoms with van der Waals surface area (Å²) in [5.41, 5.74) is 2.11. The summed E-state index contributed by atoms with van der Waals surface area (Å²) in [7, 11) is 0. The Morgan fingerprint density at radius 3 is 2.44 bits per heavy atom. The third kappa shape index (κ3) is 4.22. The second-order valence-corrected chi connectivity index (χ2v) is 6.25. The second kappa shape index (κ2) is 7.59. The van der Waals surface area contributed by atoms with Crippen LogP contribution in [0.3, 0.4) is 0 Å². The monoisotopic (exact) mass is 349 g/mol. The fraction of sp³-hybridized carbons (Fsp3) is 0. The quantitative estimate of drug-likeness (QED) is 0.652. The van der Waals surface area contributed by atoms with Crippen LogP contribution in [0.15, 0.2) is 72.1 Å². The third-order valence-electron chi connectivity index (χ3n) is 3.56. The molecule has 4 nitrogen and oxygen atoms in total. The molecular formula is C20H15NO3S. The molecule has 0 unspecified atom stereocenters. The van der Waals surface area contributed by atoms with Gasteiger partial charge in [-0.3, -0.25) is 4.79 Å². The number of carbonyl (C=O) groups is 2. The van der Waals surface area contributed by atoms with Crippen LogP contribution in [0.25, 0.3) is 17.2 Å². The van der Waals surface area contributed by atoms with Crippen molar-refractivity contribution in [3.8, 4) is 11.1 Å². The number of rotatable bonds is 5. The summed E-state index contributed by atoms with van der Waals surface area (Å²) in [5.74, 6) is -1.46. The molecule has 2 aromatic carbocycles. The predicted molar refractivity (Wildman–Crippen MR) is 101 cm³/mol. The van der Waals surface area contributed by atoms with E-state index in [1.807, 2.05) is 47.8 Å². The minimum atomic E-state index is -1.09. The molecule has 0 aliphatic rings. The van der Waals surface area contributed by atoms with Crippen LogP contribution in [0.4, 0.5) is 5.69 Å². The Balaban J connectivity index is 1.87. The van der Waals surface area contributed by atoms with Gasteiger partial charge in [0.2, 0.25) is 5.91 Å². The maximum atomic E-state index is 12.1. The smallest absolute Gasteiger partial charge is 0.337 e. The van der Waals surface area contributed by atoms with E-state index in [2.05, 4.69) is 5.32 Å². The Labute approximate surface area is 149 Å². The van der Waals surface area contributed by atoms with Crippen molar-refractivity contribution in [1.82, 2.24) is 0 Å². The highest BCUT2D eigenvalue weighted by Crippen LogP contribution is 2.26. The molecule has 1 heterocycles. The van der Waals surface area contributed by atoms with Gasteiger partial charge >= 0.3 is 5.97 Å². The van der Waals surface area contributed by atoms with Crippen LogP contribution in [0.1, 0.15) is 15.2 Å². The lowest BCUT2D eigenvalue weighted by Gasteiger charge is -2.10. The molecule has 1 amide bonds. The highest BCUT2D eigenvalue weighted by atomic mass is 32.1. The standard InChI is InChI=1S/C20H15NO3S/c22-19(11-9-16-7-4-12-25-16)21-18-13-15(8-10-17(18)20(23)24)14-5-2-1-3-6-14/h1-13H,(H,21,22)(H,23,24). The number of benzene rings is 2. The van der Waals surface area contributed by atoms with Crippen LogP contribution in [0.5, 0.6) is 0 Å². The molecule has 0 radical (unpaired) electrons. The zero-order valence-electron chi connectivity index (χ0n) is 13.2. The van der Waals surface area contributed by atoms with E-state index in [1.54, 1.807) is 18.2 Å². The average Bonchev–Trinajstić information content (AvgIpc) is 3.14. The van der Waals surface area contributed by atoms with Gasteiger partial charge in [-0.1, -0.05) is 42.5 Å². The number of nitrogens with one attached hydrogen (secondary N) is 1. The largest absolute Gasteiger partial charge is 0.478 e. The first-order valence-corrected chi connectivity index (χ1v) is 8.47. The lowest BCUT2D eigenvalue weighted by atomic mass is 10.0. The number of aromatic carboxylic acids is 1. The van der Waals surface area contributed by atoms with E-state index in [1.165, 1.54) is 23.5 Å². The molecular weight excluding hydrogens is 334 g/mol. The van der Waals surface area contributed by atoms with E-state index in [0.29, 0.717) is 0 Å². The minimum Gasteiger partial charge on any atom is -0.478 e. The van der Waals surface area contributed by atoms with Gasteiger partial charge in [-0.15, -0.1) is 11.3 Å². The van der Waals surface area contributed by atoms with Crippen LogP contribution < -0.4 is 5.32 Å². The molecule has 0 spiro atoms. The van der Waals surface area contributed by atoms with Crippen LogP contribution in [-0.2, 0) is 4.79 Å². The molecule has 0 saturated heterocycles. The number of carboxylic acid groups (broad SMARTS) is 1. The lowest BCUT2D eigenvalue weighted by molar-refractivity contribution is -0.111. The van der Waals surface area contributed by atoms with Crippen molar-refractivity contribution in [3.05, 3.63) is 82.6 Å². The Morgan fingerprint density at radius 2 is 1.76 bits per heavy atom. The Bertz CT molecular complexity index is 915. The van der Waals surface area contributed by atoms with Gasteiger partial charge in [0.05, 0.1) is 11.3 Å². The second-order valence-electron chi connectivity index (χ2n) is 5.27. The van der Waals surface area contributed by atoms with Crippen molar-refractivity contribution in [1.29, 1.82) is 0 Å². The van der Waals surface area contributed by atoms with Crippen molar-refractivity contribution < 1.29 is 14.7 Å². The topological polar surface area (TPSA) is 66.4 Å². The molecule has 0 bridgehead atoms. The summed E-state index contributed by atoms with van der Waals surface area (Å²) in [6.07, 6.45) is 3.09. The van der Waals surface area contributed by atoms with Gasteiger partial charge in [-0.05, 0) is 40.8 Å². The van der Waals surface area contributed by atoms with Gasteiger partial charge in [-0.25, -0.2) is 4.79 Å². The van der Waals surface area contributed by atoms with E-state index in [9.17, 15) is 14.7 Å². The summed E-state index contributed by atoms with van der Waals surface area (Å²) < 4.78 is 0. The van der Waals surface area contributed by atoms with Crippen molar-refractivity contribution in [2.24, 2.45) is 0 Å². The van der Waals surface area contributed by atoms with Crippen LogP contribution in [0.2, 0.25) is 0 Å². The minimum absolute atomic E-state index is 0.0533. The van der Waals surface area contributed by atoms with Crippen LogP contribution in [-0.4, -0.2) is 17.0 Å². The van der Waals surface area contributed by atoms with Gasteiger partial charge in [0.15, 0.2) is 0 Å². The van der Waals surface area contributed by atoms with Crippen molar-refractivity contribution in [3.63, 3.8) is 0 Å². The molecule has 0 saturated carbocycles. The number of amides is 1. The van der Waals surface area contributed by atoms with E-state index in [-0.39, 0.29) is 17.2 Å². The van der Waals surface area contributed by atoms with Gasteiger partial charge < -0.3 is 10.4 Å². The summed E-state index contributed by atoms with van der Waals surface area (Å²) in [6.45, 7) is 0. The molecule has 1 aromatic heterocycles. The predicted octanol–water partition coefficient (Wildman–Crippen LogP) is 4.77. The normalized spacial score (nSPS) is 10.7. The Morgan fingerprint density at radius 1 is 0.960 bits per heavy atom. The molecule has 5 heteroatoms. The van der Waals surface area contributed by atoms with Crippen LogP contribution >= 0.6 is 11.3 Å². The van der Waals surface area contributed by atoms with Gasteiger partial charge in [0, 0.05) is 11.0 Å². The van der Waals surface area contributed by atoms with Gasteiger partial charge in [0.1, 0.15) is 0 Å². The average molecular weight is 349 g/mol. The number of thiophene rings is 1. The molecule has 0 fully saturated rings. The number of hydrogen-bond acceptors (Lipinski definition) is 3. The Kier molecular flexibility index (Phi) is 5.06. The zero-order chi connectivity index (χ0) is 17.6. The molecule has 3 aromatic rings. The first-order valence-electron chi connectivity index (χ1n) is 7.59. The number of anilines is 1. The molecule has 0 atom stereocenters. The first kappa shape index (κ1) is 16.7. The maximum absolute atomic E-state index is 12.1. The summed E-state index contributed by atoms with van der Waals surface area (Å²) in [6, 6.07) is 18.3. The molecule has 0 aliphatic carbocycles. The number of carboxylic acids is 1. The molecule has 3 rings (SSSR count). The third-order valence-corrected chi connectivity index (χ3v) is 4.39. The Hall–Kier alpha value is -3.18. The van der Waals surface area contributed by atoms with Gasteiger partial charge in [-0.2, -0.15) is 0 Å². The fourth-order valence-electron chi connectivity index (χ4n) is 2.36. The summed E-state index contributed by atoms with van der Waals surface area (Å²) in [4.78, 5) is 24.5. The van der Waals surface area contributed by atoms with E-state index in [0.717, 1.165) is 16.0 Å². The van der Waals surface area contributed by atoms with Gasteiger partial charge in [0.25, 0.3) is 0 Å². The van der Waals surface area contributed by atoms with E-state index < -0.39 is 5.97 Å². The first-order chi connectivity index (χ1) is 12.1. The van der Waals surface area contributed by atoms with Crippen molar-refractivity contribution >= 4 is 35.0 Å². The van der Waals surface area contributed by atoms with Crippen molar-refractivity contribution in [2.75, 3.05) is 5.32 Å². The zero-order valence-corrected chi connectivity index (χ0v) is 14.0. The molecule has 0 aliphatic heterocycles. The van der Waals surface area contributed by atoms with Crippen LogP contribution in [0, 0.1) is 0 Å². The van der Waals surface area contributed by atoms with E-state index in [4.69, 9.17) is 0 Å². The maximum Gasteiger partial charge on any atom is 0.337 e. The van der Waals surface area contributed by atoms with E-state index >= 15 is 0 Å². The molecule has 25 heavy (non-hydrogen) atoms. The highest BCUT2D eigenvalue weighted by molar-refractivity contribution is 7.10. The summed E-state index contributed by atoms with van der Waals surface area (Å²) >= 11 is 1.52. The molecule has 124 valence electrons. The number of hydrogen-bond donors (Lipinski definition) is 2. The lowest BCUT2D eigenvalue weighted by Crippen LogP contribution is -2.12. The SMILES string of the molecule is O=C(C=Cc1cccs1)Nc1cc(-c2ccccc2)ccc1C(=O)O. The fourth-order valence-corrected chi connectivity index (χ4v) is 2.98. The highest BCUT2D eigenvalue weighted by Gasteiger charge is 2.13. The van der Waals surface area contributed by atoms with Crippen molar-refractivity contribution in [2.45, 2.75) is 0 Å². The summed E-state index contributed by atoms with van der Waals surface area (Å²) in [5, 5.41) is 13.9.